The molecular formula is C21H22N4O4S3. The molecule has 8 nitrogen and oxygen atoms in total. The summed E-state index contributed by atoms with van der Waals surface area (Å²) in [7, 11) is -3.89. The zero-order valence-corrected chi connectivity index (χ0v) is 20.0. The molecule has 2 heterocycles. The van der Waals surface area contributed by atoms with Gasteiger partial charge in [0.15, 0.2) is 10.4 Å². The zero-order chi connectivity index (χ0) is 22.7. The van der Waals surface area contributed by atoms with Crippen molar-refractivity contribution in [2.24, 2.45) is 0 Å². The largest absolute Gasteiger partial charge is 0.476 e. The van der Waals surface area contributed by atoms with Crippen molar-refractivity contribution in [3.8, 4) is 5.75 Å². The number of benzene rings is 2. The van der Waals surface area contributed by atoms with Gasteiger partial charge in [0.05, 0.1) is 17.1 Å². The zero-order valence-electron chi connectivity index (χ0n) is 17.5. The second kappa shape index (κ2) is 9.47. The fourth-order valence-corrected chi connectivity index (χ4v) is 6.25. The van der Waals surface area contributed by atoms with E-state index in [0.29, 0.717) is 16.6 Å². The van der Waals surface area contributed by atoms with Crippen LogP contribution in [-0.4, -0.2) is 42.9 Å². The Kier molecular flexibility index (Phi) is 6.68. The van der Waals surface area contributed by atoms with Gasteiger partial charge in [-0.2, -0.15) is 0 Å². The summed E-state index contributed by atoms with van der Waals surface area (Å²) < 4.78 is 34.7. The average molecular weight is 491 g/mol. The molecule has 1 aliphatic rings. The van der Waals surface area contributed by atoms with E-state index < -0.39 is 22.0 Å². The number of rotatable bonds is 7. The highest BCUT2D eigenvalue weighted by molar-refractivity contribution is 8.01. The van der Waals surface area contributed by atoms with Crippen LogP contribution in [0.2, 0.25) is 0 Å². The Balaban J connectivity index is 1.58. The van der Waals surface area contributed by atoms with Gasteiger partial charge >= 0.3 is 0 Å². The van der Waals surface area contributed by atoms with Gasteiger partial charge in [-0.05, 0) is 37.6 Å². The normalized spacial score (nSPS) is 15.7. The number of aryl methyl sites for hydroxylation is 1. The van der Waals surface area contributed by atoms with Crippen LogP contribution in [0.1, 0.15) is 18.9 Å². The van der Waals surface area contributed by atoms with Crippen molar-refractivity contribution < 1.29 is 17.9 Å². The summed E-state index contributed by atoms with van der Waals surface area (Å²) in [5.74, 6) is 0.759. The van der Waals surface area contributed by atoms with Crippen molar-refractivity contribution >= 4 is 49.8 Å². The summed E-state index contributed by atoms with van der Waals surface area (Å²) in [5, 5.41) is 11.1. The second-order valence-corrected chi connectivity index (χ2v) is 11.3. The lowest BCUT2D eigenvalue weighted by Gasteiger charge is -2.34. The summed E-state index contributed by atoms with van der Waals surface area (Å²) in [5.41, 5.74) is 1.35. The number of sulfonamides is 1. The molecule has 32 heavy (non-hydrogen) atoms. The molecule has 1 aliphatic heterocycles. The monoisotopic (exact) mass is 490 g/mol. The number of nitrogens with zero attached hydrogens (tertiary/aromatic N) is 3. The predicted molar refractivity (Wildman–Crippen MR) is 126 cm³/mol. The molecular weight excluding hydrogens is 468 g/mol. The Morgan fingerprint density at radius 3 is 2.72 bits per heavy atom. The van der Waals surface area contributed by atoms with Crippen LogP contribution in [0.4, 0.5) is 10.8 Å². The highest BCUT2D eigenvalue weighted by atomic mass is 32.2. The van der Waals surface area contributed by atoms with Crippen LogP contribution in [0.3, 0.4) is 0 Å². The lowest BCUT2D eigenvalue weighted by molar-refractivity contribution is -0.122. The van der Waals surface area contributed by atoms with E-state index >= 15 is 0 Å². The Hall–Kier alpha value is -2.63. The Labute approximate surface area is 195 Å². The van der Waals surface area contributed by atoms with E-state index in [2.05, 4.69) is 22.4 Å². The maximum absolute atomic E-state index is 13.4. The van der Waals surface area contributed by atoms with Crippen LogP contribution in [-0.2, 0) is 14.8 Å². The molecule has 1 aromatic heterocycles. The molecule has 168 valence electrons. The molecule has 1 amide bonds. The third kappa shape index (κ3) is 4.74. The molecule has 0 saturated heterocycles. The number of para-hydroxylation sites is 2. The molecule has 0 fully saturated rings. The number of thioether (sulfide) groups is 1. The van der Waals surface area contributed by atoms with E-state index in [1.807, 2.05) is 6.92 Å². The van der Waals surface area contributed by atoms with Crippen LogP contribution in [0.5, 0.6) is 5.75 Å². The molecule has 2 aromatic carbocycles. The van der Waals surface area contributed by atoms with Crippen molar-refractivity contribution in [3.05, 3.63) is 54.1 Å². The number of hydrogen-bond acceptors (Lipinski definition) is 8. The van der Waals surface area contributed by atoms with Crippen molar-refractivity contribution in [2.45, 2.75) is 35.6 Å². The van der Waals surface area contributed by atoms with Crippen LogP contribution < -0.4 is 14.4 Å². The van der Waals surface area contributed by atoms with Crippen molar-refractivity contribution in [1.29, 1.82) is 0 Å². The first kappa shape index (κ1) is 22.6. The van der Waals surface area contributed by atoms with Crippen molar-refractivity contribution in [3.63, 3.8) is 0 Å². The quantitative estimate of drug-likeness (QED) is 0.395. The number of ether oxygens (including phenoxy) is 1. The van der Waals surface area contributed by atoms with Gasteiger partial charge in [0.25, 0.3) is 15.9 Å². The van der Waals surface area contributed by atoms with E-state index in [9.17, 15) is 13.2 Å². The minimum atomic E-state index is -3.89. The molecule has 3 aromatic rings. The maximum Gasteiger partial charge on any atom is 0.269 e. The molecule has 0 radical (unpaired) electrons. The summed E-state index contributed by atoms with van der Waals surface area (Å²) in [6, 6.07) is 13.4. The number of aromatic nitrogens is 2. The lowest BCUT2D eigenvalue weighted by Crippen LogP contribution is -2.48. The molecule has 4 rings (SSSR count). The minimum absolute atomic E-state index is 0.153. The maximum atomic E-state index is 13.4. The van der Waals surface area contributed by atoms with Crippen LogP contribution in [0.15, 0.2) is 57.8 Å². The molecule has 1 atom stereocenters. The highest BCUT2D eigenvalue weighted by Gasteiger charge is 2.37. The fraction of sp³-hybridized carbons (Fsp3) is 0.286. The first-order valence-electron chi connectivity index (χ1n) is 10.0. The Morgan fingerprint density at radius 2 is 1.97 bits per heavy atom. The van der Waals surface area contributed by atoms with E-state index in [1.54, 1.807) is 60.3 Å². The first-order chi connectivity index (χ1) is 15.4. The topological polar surface area (TPSA) is 101 Å². The van der Waals surface area contributed by atoms with Crippen LogP contribution in [0, 0.1) is 6.92 Å². The summed E-state index contributed by atoms with van der Waals surface area (Å²) in [4.78, 5) is 13.1. The van der Waals surface area contributed by atoms with E-state index in [1.165, 1.54) is 15.6 Å². The van der Waals surface area contributed by atoms with E-state index in [-0.39, 0.29) is 11.4 Å². The summed E-state index contributed by atoms with van der Waals surface area (Å²) >= 11 is 2.85. The molecule has 1 N–H and O–H groups in total. The molecule has 0 aliphatic carbocycles. The number of carbonyl (C=O) groups excluding carboxylic acids is 1. The van der Waals surface area contributed by atoms with Gasteiger partial charge in [0.1, 0.15) is 5.75 Å². The van der Waals surface area contributed by atoms with Gasteiger partial charge in [0.2, 0.25) is 5.13 Å². The van der Waals surface area contributed by atoms with Gasteiger partial charge in [-0.3, -0.25) is 14.4 Å². The highest BCUT2D eigenvalue weighted by Crippen LogP contribution is 2.37. The molecule has 0 saturated carbocycles. The van der Waals surface area contributed by atoms with E-state index in [0.717, 1.165) is 22.1 Å². The van der Waals surface area contributed by atoms with Gasteiger partial charge in [-0.15, -0.1) is 10.2 Å². The average Bonchev–Trinajstić information content (AvgIpc) is 3.24. The lowest BCUT2D eigenvalue weighted by atomic mass is 10.2. The van der Waals surface area contributed by atoms with Gasteiger partial charge in [-0.25, -0.2) is 8.42 Å². The van der Waals surface area contributed by atoms with Gasteiger partial charge < -0.3 is 4.74 Å². The molecule has 0 spiro atoms. The molecule has 0 unspecified atom stereocenters. The van der Waals surface area contributed by atoms with Crippen LogP contribution >= 0.6 is 23.1 Å². The molecule has 11 heteroatoms. The molecule has 0 bridgehead atoms. The number of carbonyl (C=O) groups is 1. The Morgan fingerprint density at radius 1 is 1.22 bits per heavy atom. The standard InChI is InChI=1S/C21H22N4O4S3/c1-3-12-30-21-24-23-20(31-21)22-19(26)18-13-25(16-6-4-5-7-17(16)29-18)32(27,28)15-10-8-14(2)9-11-15/h4-11,18H,3,12-13H2,1-2H3,(H,22,23,26)/t18-/m1/s1. The minimum Gasteiger partial charge on any atom is -0.476 e. The predicted octanol–water partition coefficient (Wildman–Crippen LogP) is 3.94. The Bertz CT molecular complexity index is 1210. The van der Waals surface area contributed by atoms with Gasteiger partial charge in [0, 0.05) is 5.75 Å². The van der Waals surface area contributed by atoms with Crippen molar-refractivity contribution in [1.82, 2.24) is 10.2 Å². The number of anilines is 2. The fourth-order valence-electron chi connectivity index (χ4n) is 3.10. The second-order valence-electron chi connectivity index (χ2n) is 7.13. The number of nitrogens with one attached hydrogen (secondary N) is 1. The van der Waals surface area contributed by atoms with Gasteiger partial charge in [-0.1, -0.05) is 59.9 Å². The third-order valence-electron chi connectivity index (χ3n) is 4.70. The first-order valence-corrected chi connectivity index (χ1v) is 13.2. The third-order valence-corrected chi connectivity index (χ3v) is 8.67. The van der Waals surface area contributed by atoms with Crippen molar-refractivity contribution in [2.75, 3.05) is 21.9 Å². The summed E-state index contributed by atoms with van der Waals surface area (Å²) in [6.07, 6.45) is -0.0345. The van der Waals surface area contributed by atoms with E-state index in [4.69, 9.17) is 4.74 Å². The number of amides is 1. The van der Waals surface area contributed by atoms with Crippen LogP contribution in [0.25, 0.3) is 0 Å². The SMILES string of the molecule is CCCSc1nnc(NC(=O)[C@H]2CN(S(=O)(=O)c3ccc(C)cc3)c3ccccc3O2)s1. The number of hydrogen-bond donors (Lipinski definition) is 1. The number of fused-ring (bicyclic) bond motifs is 1. The smallest absolute Gasteiger partial charge is 0.269 e. The summed E-state index contributed by atoms with van der Waals surface area (Å²) in [6.45, 7) is 3.81.